The molecular formula is C25H23BrN2O2. The molecule has 2 heterocycles. The van der Waals surface area contributed by atoms with Crippen molar-refractivity contribution in [3.05, 3.63) is 99.5 Å². The number of hydrogen-bond donors (Lipinski definition) is 1. The van der Waals surface area contributed by atoms with Crippen LogP contribution in [0.15, 0.2) is 77.3 Å². The van der Waals surface area contributed by atoms with Gasteiger partial charge in [0.15, 0.2) is 6.23 Å². The maximum absolute atomic E-state index is 6.45. The maximum atomic E-state index is 6.45. The highest BCUT2D eigenvalue weighted by molar-refractivity contribution is 9.10. The van der Waals surface area contributed by atoms with Crippen LogP contribution in [0.3, 0.4) is 0 Å². The zero-order valence-corrected chi connectivity index (χ0v) is 18.5. The van der Waals surface area contributed by atoms with Crippen molar-refractivity contribution in [1.29, 1.82) is 0 Å². The molecule has 5 rings (SSSR count). The monoisotopic (exact) mass is 462 g/mol. The van der Waals surface area contributed by atoms with Gasteiger partial charge >= 0.3 is 0 Å². The molecule has 0 fully saturated rings. The summed E-state index contributed by atoms with van der Waals surface area (Å²) in [6.45, 7) is 4.76. The number of aryl methyl sites for hydroxylation is 1. The third-order valence-corrected chi connectivity index (χ3v) is 5.99. The average Bonchev–Trinajstić information content (AvgIpc) is 3.21. The maximum Gasteiger partial charge on any atom is 0.195 e. The minimum Gasteiger partial charge on any atom is -0.494 e. The summed E-state index contributed by atoms with van der Waals surface area (Å²) in [7, 11) is 0. The van der Waals surface area contributed by atoms with Crippen LogP contribution in [0.25, 0.3) is 5.70 Å². The predicted octanol–water partition coefficient (Wildman–Crippen LogP) is 6.15. The fraction of sp³-hybridized carbons (Fsp3) is 0.200. The second kappa shape index (κ2) is 7.82. The summed E-state index contributed by atoms with van der Waals surface area (Å²) in [5, 5.41) is 2.19. The van der Waals surface area contributed by atoms with Crippen molar-refractivity contribution in [2.24, 2.45) is 0 Å². The number of rotatable bonds is 4. The molecule has 0 amide bonds. The van der Waals surface area contributed by atoms with E-state index in [4.69, 9.17) is 9.47 Å². The number of hydrazine groups is 1. The molecule has 0 bridgehead atoms. The summed E-state index contributed by atoms with van der Waals surface area (Å²) in [6.07, 6.45) is 2.05. The number of benzene rings is 3. The quantitative estimate of drug-likeness (QED) is 0.503. The van der Waals surface area contributed by atoms with Gasteiger partial charge < -0.3 is 14.9 Å². The molecule has 3 aromatic rings. The van der Waals surface area contributed by atoms with Gasteiger partial charge in [0.2, 0.25) is 0 Å². The summed E-state index contributed by atoms with van der Waals surface area (Å²) < 4.78 is 13.1. The van der Waals surface area contributed by atoms with E-state index in [9.17, 15) is 0 Å². The number of ether oxygens (including phenoxy) is 2. The third kappa shape index (κ3) is 3.48. The molecule has 0 saturated carbocycles. The van der Waals surface area contributed by atoms with Crippen molar-refractivity contribution in [2.45, 2.75) is 26.1 Å². The van der Waals surface area contributed by atoms with E-state index >= 15 is 0 Å². The molecule has 2 atom stereocenters. The molecule has 1 N–H and O–H groups in total. The summed E-state index contributed by atoms with van der Waals surface area (Å²) in [6, 6.07) is 23.0. The number of fused-ring (bicyclic) bond motifs is 3. The van der Waals surface area contributed by atoms with Crippen molar-refractivity contribution < 1.29 is 9.47 Å². The summed E-state index contributed by atoms with van der Waals surface area (Å²) >= 11 is 3.61. The van der Waals surface area contributed by atoms with Crippen LogP contribution in [0.2, 0.25) is 0 Å². The van der Waals surface area contributed by atoms with E-state index in [1.165, 1.54) is 5.56 Å². The average molecular weight is 463 g/mol. The molecule has 4 nitrogen and oxygen atoms in total. The topological polar surface area (TPSA) is 33.7 Å². The van der Waals surface area contributed by atoms with Crippen LogP contribution in [0.4, 0.5) is 0 Å². The largest absolute Gasteiger partial charge is 0.494 e. The van der Waals surface area contributed by atoms with E-state index in [2.05, 4.69) is 81.8 Å². The second-order valence-corrected chi connectivity index (χ2v) is 8.48. The van der Waals surface area contributed by atoms with Gasteiger partial charge in [0.25, 0.3) is 0 Å². The van der Waals surface area contributed by atoms with E-state index in [1.54, 1.807) is 0 Å². The fourth-order valence-corrected chi connectivity index (χ4v) is 4.36. The Morgan fingerprint density at radius 3 is 2.53 bits per heavy atom. The molecule has 3 aromatic carbocycles. The lowest BCUT2D eigenvalue weighted by Gasteiger charge is -2.39. The lowest BCUT2D eigenvalue weighted by molar-refractivity contribution is -0.0326. The van der Waals surface area contributed by atoms with Gasteiger partial charge in [-0.05, 0) is 68.0 Å². The lowest BCUT2D eigenvalue weighted by atomic mass is 10.0. The molecular weight excluding hydrogens is 440 g/mol. The van der Waals surface area contributed by atoms with Crippen LogP contribution < -0.4 is 14.9 Å². The number of hydrogen-bond acceptors (Lipinski definition) is 4. The Bertz CT molecular complexity index is 1090. The van der Waals surface area contributed by atoms with Crippen molar-refractivity contribution in [3.63, 3.8) is 0 Å². The van der Waals surface area contributed by atoms with Gasteiger partial charge in [-0.3, -0.25) is 0 Å². The lowest BCUT2D eigenvalue weighted by Crippen LogP contribution is -2.43. The van der Waals surface area contributed by atoms with E-state index < -0.39 is 0 Å². The Morgan fingerprint density at radius 2 is 1.80 bits per heavy atom. The molecule has 2 aliphatic rings. The number of halogens is 1. The first-order chi connectivity index (χ1) is 14.6. The number of nitrogens with one attached hydrogen (secondary N) is 1. The summed E-state index contributed by atoms with van der Waals surface area (Å²) in [5.41, 5.74) is 9.27. The smallest absolute Gasteiger partial charge is 0.195 e. The minimum absolute atomic E-state index is 0.0686. The molecule has 0 aromatic heterocycles. The highest BCUT2D eigenvalue weighted by Crippen LogP contribution is 2.46. The first-order valence-electron chi connectivity index (χ1n) is 10.1. The molecule has 2 unspecified atom stereocenters. The Kier molecular flexibility index (Phi) is 5.01. The number of nitrogens with zero attached hydrogens (tertiary/aromatic N) is 1. The van der Waals surface area contributed by atoms with Gasteiger partial charge in [0, 0.05) is 15.6 Å². The summed E-state index contributed by atoms with van der Waals surface area (Å²) in [5.74, 6) is 1.80. The SMILES string of the molecule is CCOc1ccc(C2=CC3c4cc(Br)ccc4OC(c4ccc(C)cc4)N3N2)cc1. The molecule has 2 aliphatic heterocycles. The Morgan fingerprint density at radius 1 is 1.03 bits per heavy atom. The Labute approximate surface area is 185 Å². The second-order valence-electron chi connectivity index (χ2n) is 7.56. The molecule has 5 heteroatoms. The minimum atomic E-state index is -0.222. The Hall–Kier alpha value is -2.76. The van der Waals surface area contributed by atoms with Crippen LogP contribution in [0.5, 0.6) is 11.5 Å². The molecule has 0 saturated heterocycles. The third-order valence-electron chi connectivity index (χ3n) is 5.49. The van der Waals surface area contributed by atoms with Crippen molar-refractivity contribution in [1.82, 2.24) is 10.4 Å². The van der Waals surface area contributed by atoms with Crippen LogP contribution in [0, 0.1) is 6.92 Å². The molecule has 152 valence electrons. The van der Waals surface area contributed by atoms with Gasteiger partial charge in [-0.2, -0.15) is 5.01 Å². The van der Waals surface area contributed by atoms with E-state index in [0.717, 1.165) is 38.4 Å². The first-order valence-corrected chi connectivity index (χ1v) is 10.9. The molecule has 0 radical (unpaired) electrons. The van der Waals surface area contributed by atoms with Crippen molar-refractivity contribution in [2.75, 3.05) is 6.61 Å². The molecule has 0 spiro atoms. The fourth-order valence-electron chi connectivity index (χ4n) is 3.98. The molecule has 0 aliphatic carbocycles. The van der Waals surface area contributed by atoms with Crippen LogP contribution >= 0.6 is 15.9 Å². The van der Waals surface area contributed by atoms with Crippen LogP contribution in [-0.4, -0.2) is 11.6 Å². The van der Waals surface area contributed by atoms with Gasteiger partial charge in [-0.1, -0.05) is 45.8 Å². The first kappa shape index (κ1) is 19.2. The van der Waals surface area contributed by atoms with Gasteiger partial charge in [0.1, 0.15) is 11.5 Å². The normalized spacial score (nSPS) is 19.9. The standard InChI is InChI=1S/C25H23BrN2O2/c1-3-29-20-11-8-17(9-12-20)22-15-23-21-14-19(26)10-13-24(21)30-25(28(23)27-22)18-6-4-16(2)5-7-18/h4-15,23,25,27H,3H2,1-2H3. The van der Waals surface area contributed by atoms with E-state index in [1.807, 2.05) is 31.2 Å². The van der Waals surface area contributed by atoms with Gasteiger partial charge in [-0.15, -0.1) is 0 Å². The van der Waals surface area contributed by atoms with E-state index in [-0.39, 0.29) is 12.3 Å². The Balaban J connectivity index is 1.53. The zero-order chi connectivity index (χ0) is 20.7. The van der Waals surface area contributed by atoms with Crippen molar-refractivity contribution >= 4 is 21.6 Å². The van der Waals surface area contributed by atoms with Crippen LogP contribution in [0.1, 0.15) is 41.4 Å². The van der Waals surface area contributed by atoms with Gasteiger partial charge in [0.05, 0.1) is 18.3 Å². The van der Waals surface area contributed by atoms with E-state index in [0.29, 0.717) is 6.61 Å². The van der Waals surface area contributed by atoms with Crippen LogP contribution in [-0.2, 0) is 0 Å². The van der Waals surface area contributed by atoms with Crippen molar-refractivity contribution in [3.8, 4) is 11.5 Å². The highest BCUT2D eigenvalue weighted by atomic mass is 79.9. The molecule has 30 heavy (non-hydrogen) atoms. The van der Waals surface area contributed by atoms with Gasteiger partial charge in [-0.25, -0.2) is 0 Å². The highest BCUT2D eigenvalue weighted by Gasteiger charge is 2.40. The zero-order valence-electron chi connectivity index (χ0n) is 16.9. The summed E-state index contributed by atoms with van der Waals surface area (Å²) in [4.78, 5) is 0. The predicted molar refractivity (Wildman–Crippen MR) is 122 cm³/mol.